The number of hydrogen-bond donors (Lipinski definition) is 2. The third-order valence-electron chi connectivity index (χ3n) is 6.30. The molecule has 38 heavy (non-hydrogen) atoms. The number of aliphatic hydroxyl groups is 1. The zero-order valence-electron chi connectivity index (χ0n) is 20.8. The Bertz CT molecular complexity index is 1580. The zero-order chi connectivity index (χ0) is 27.0. The van der Waals surface area contributed by atoms with Gasteiger partial charge in [0.05, 0.1) is 25.8 Å². The van der Waals surface area contributed by atoms with Crippen molar-refractivity contribution in [1.29, 1.82) is 0 Å². The predicted molar refractivity (Wildman–Crippen MR) is 141 cm³/mol. The van der Waals surface area contributed by atoms with Crippen molar-refractivity contribution >= 4 is 39.9 Å². The Kier molecular flexibility index (Phi) is 6.34. The number of benzene rings is 3. The lowest BCUT2D eigenvalue weighted by Crippen LogP contribution is -2.31. The van der Waals surface area contributed by atoms with Gasteiger partial charge in [-0.3, -0.25) is 19.3 Å². The molecule has 0 fully saturated rings. The Morgan fingerprint density at radius 2 is 1.68 bits per heavy atom. The van der Waals surface area contributed by atoms with Gasteiger partial charge in [0, 0.05) is 23.7 Å². The molecule has 1 aliphatic rings. The molecule has 0 saturated carbocycles. The van der Waals surface area contributed by atoms with Gasteiger partial charge in [0.15, 0.2) is 22.9 Å². The Balaban J connectivity index is 1.61. The highest BCUT2D eigenvalue weighted by Crippen LogP contribution is 2.43. The molecule has 0 saturated heterocycles. The first-order chi connectivity index (χ1) is 18.3. The van der Waals surface area contributed by atoms with E-state index >= 15 is 0 Å². The van der Waals surface area contributed by atoms with Crippen LogP contribution in [-0.2, 0) is 9.59 Å². The molecule has 1 unspecified atom stereocenters. The van der Waals surface area contributed by atoms with Crippen molar-refractivity contribution in [3.8, 4) is 11.5 Å². The molecule has 1 atom stereocenters. The van der Waals surface area contributed by atoms with E-state index in [1.165, 1.54) is 26.0 Å². The van der Waals surface area contributed by atoms with Crippen molar-refractivity contribution in [3.63, 3.8) is 0 Å². The maximum Gasteiger partial charge on any atom is 0.294 e. The smallest absolute Gasteiger partial charge is 0.294 e. The average Bonchev–Trinajstić information content (AvgIpc) is 3.47. The largest absolute Gasteiger partial charge is 0.503 e. The van der Waals surface area contributed by atoms with Crippen molar-refractivity contribution in [2.75, 3.05) is 24.4 Å². The third-order valence-corrected chi connectivity index (χ3v) is 6.30. The van der Waals surface area contributed by atoms with Gasteiger partial charge < -0.3 is 24.3 Å². The highest BCUT2D eigenvalue weighted by Gasteiger charge is 2.45. The van der Waals surface area contributed by atoms with Crippen molar-refractivity contribution in [1.82, 2.24) is 0 Å². The van der Waals surface area contributed by atoms with Gasteiger partial charge in [-0.15, -0.1) is 0 Å². The second-order valence-corrected chi connectivity index (χ2v) is 8.66. The number of amides is 2. The minimum absolute atomic E-state index is 0.0415. The highest BCUT2D eigenvalue weighted by atomic mass is 16.5. The van der Waals surface area contributed by atoms with Crippen LogP contribution in [0.2, 0.25) is 0 Å². The molecular formula is C29H24N2O7. The van der Waals surface area contributed by atoms with E-state index in [0.29, 0.717) is 39.4 Å². The topological polar surface area (TPSA) is 118 Å². The molecule has 9 heteroatoms. The van der Waals surface area contributed by atoms with Crippen LogP contribution in [0.15, 0.2) is 88.5 Å². The van der Waals surface area contributed by atoms with Gasteiger partial charge in [0.1, 0.15) is 5.75 Å². The molecule has 0 spiro atoms. The molecule has 192 valence electrons. The molecule has 1 aliphatic heterocycles. The number of ketones is 1. The second-order valence-electron chi connectivity index (χ2n) is 8.66. The fourth-order valence-electron chi connectivity index (χ4n) is 4.56. The molecule has 9 nitrogen and oxygen atoms in total. The van der Waals surface area contributed by atoms with Crippen LogP contribution in [0.4, 0.5) is 11.4 Å². The molecule has 3 aromatic carbocycles. The zero-order valence-corrected chi connectivity index (χ0v) is 20.8. The summed E-state index contributed by atoms with van der Waals surface area (Å²) < 4.78 is 16.4. The number of carbonyl (C=O) groups is 3. The summed E-state index contributed by atoms with van der Waals surface area (Å²) in [4.78, 5) is 40.0. The number of aliphatic hydroxyl groups excluding tert-OH is 1. The number of Topliss-reactive ketones (excluding diaryl/α,β-unsaturated/α-hetero) is 1. The predicted octanol–water partition coefficient (Wildman–Crippen LogP) is 5.19. The first-order valence-electron chi connectivity index (χ1n) is 11.7. The Morgan fingerprint density at radius 3 is 2.32 bits per heavy atom. The van der Waals surface area contributed by atoms with Gasteiger partial charge in [0.2, 0.25) is 11.7 Å². The van der Waals surface area contributed by atoms with E-state index in [1.807, 2.05) is 0 Å². The van der Waals surface area contributed by atoms with Crippen LogP contribution in [0.25, 0.3) is 11.0 Å². The molecule has 4 aromatic rings. The van der Waals surface area contributed by atoms with Crippen molar-refractivity contribution in [2.45, 2.75) is 13.0 Å². The number of fused-ring (bicyclic) bond motifs is 1. The first-order valence-corrected chi connectivity index (χ1v) is 11.7. The molecule has 5 rings (SSSR count). The monoisotopic (exact) mass is 512 g/mol. The summed E-state index contributed by atoms with van der Waals surface area (Å²) >= 11 is 0. The Labute approximate surface area is 217 Å². The average molecular weight is 513 g/mol. The summed E-state index contributed by atoms with van der Waals surface area (Å²) in [5.74, 6) is -1.28. The lowest BCUT2D eigenvalue weighted by atomic mass is 9.94. The quantitative estimate of drug-likeness (QED) is 0.327. The van der Waals surface area contributed by atoms with Gasteiger partial charge in [-0.1, -0.05) is 24.3 Å². The molecule has 0 radical (unpaired) electrons. The molecule has 2 heterocycles. The van der Waals surface area contributed by atoms with Gasteiger partial charge in [-0.05, 0) is 54.1 Å². The Morgan fingerprint density at radius 1 is 0.974 bits per heavy atom. The maximum atomic E-state index is 13.8. The van der Waals surface area contributed by atoms with E-state index in [-0.39, 0.29) is 17.2 Å². The fourth-order valence-corrected chi connectivity index (χ4v) is 4.56. The lowest BCUT2D eigenvalue weighted by molar-refractivity contribution is -0.117. The number of para-hydroxylation sites is 1. The summed E-state index contributed by atoms with van der Waals surface area (Å²) in [6.07, 6.45) is 0. The number of nitrogens with one attached hydrogen (secondary N) is 1. The van der Waals surface area contributed by atoms with Crippen LogP contribution in [0, 0.1) is 0 Å². The number of ether oxygens (including phenoxy) is 2. The SMILES string of the molecule is COc1ccc(C2C(C(=O)c3cc4cccc(OC)c4o3)=C(O)C(=O)N2c2ccc(NC(C)=O)cc2)cc1. The van der Waals surface area contributed by atoms with Crippen LogP contribution in [0.3, 0.4) is 0 Å². The van der Waals surface area contributed by atoms with Gasteiger partial charge >= 0.3 is 0 Å². The fraction of sp³-hybridized carbons (Fsp3) is 0.138. The van der Waals surface area contributed by atoms with Gasteiger partial charge in [-0.25, -0.2) is 0 Å². The van der Waals surface area contributed by atoms with E-state index in [0.717, 1.165) is 0 Å². The van der Waals surface area contributed by atoms with Crippen LogP contribution in [-0.4, -0.2) is 36.9 Å². The minimum Gasteiger partial charge on any atom is -0.503 e. The van der Waals surface area contributed by atoms with Gasteiger partial charge in [-0.2, -0.15) is 0 Å². The van der Waals surface area contributed by atoms with E-state index in [4.69, 9.17) is 13.9 Å². The maximum absolute atomic E-state index is 13.8. The van der Waals surface area contributed by atoms with E-state index < -0.39 is 23.5 Å². The number of rotatable bonds is 7. The van der Waals surface area contributed by atoms with Crippen LogP contribution in [0.5, 0.6) is 11.5 Å². The molecule has 0 bridgehead atoms. The summed E-state index contributed by atoms with van der Waals surface area (Å²) in [6, 6.07) is 19.3. The number of nitrogens with zero attached hydrogens (tertiary/aromatic N) is 1. The highest BCUT2D eigenvalue weighted by molar-refractivity contribution is 6.20. The standard InChI is InChI=1S/C29H24N2O7/c1-16(32)30-19-9-11-20(12-10-19)31-25(17-7-13-21(36-2)14-8-17)24(27(34)29(31)35)26(33)23-15-18-5-4-6-22(37-3)28(18)38-23/h4-15,25,34H,1-3H3,(H,30,32). The minimum atomic E-state index is -0.956. The second kappa shape index (κ2) is 9.78. The molecule has 1 aromatic heterocycles. The van der Waals surface area contributed by atoms with Crippen molar-refractivity contribution < 1.29 is 33.4 Å². The molecule has 0 aliphatic carbocycles. The van der Waals surface area contributed by atoms with Crippen molar-refractivity contribution in [3.05, 3.63) is 95.5 Å². The summed E-state index contributed by atoms with van der Waals surface area (Å²) in [5, 5.41) is 14.3. The summed E-state index contributed by atoms with van der Waals surface area (Å²) in [6.45, 7) is 1.39. The summed E-state index contributed by atoms with van der Waals surface area (Å²) in [5.41, 5.74) is 1.80. The van der Waals surface area contributed by atoms with Gasteiger partial charge in [0.25, 0.3) is 5.91 Å². The number of carbonyl (C=O) groups excluding carboxylic acids is 3. The third kappa shape index (κ3) is 4.24. The number of anilines is 2. The van der Waals surface area contributed by atoms with Crippen LogP contribution in [0.1, 0.15) is 29.1 Å². The van der Waals surface area contributed by atoms with E-state index in [2.05, 4.69) is 5.32 Å². The Hall–Kier alpha value is -5.05. The van der Waals surface area contributed by atoms with Crippen molar-refractivity contribution in [2.24, 2.45) is 0 Å². The molecule has 2 N–H and O–H groups in total. The summed E-state index contributed by atoms with van der Waals surface area (Å²) in [7, 11) is 3.03. The molecular weight excluding hydrogens is 488 g/mol. The molecule has 2 amide bonds. The number of methoxy groups -OCH3 is 2. The number of hydrogen-bond acceptors (Lipinski definition) is 7. The van der Waals surface area contributed by atoms with E-state index in [1.54, 1.807) is 72.8 Å². The van der Waals surface area contributed by atoms with Crippen LogP contribution < -0.4 is 19.7 Å². The lowest BCUT2D eigenvalue weighted by Gasteiger charge is -2.27. The van der Waals surface area contributed by atoms with Crippen LogP contribution >= 0.6 is 0 Å². The normalized spacial score (nSPS) is 15.2. The van der Waals surface area contributed by atoms with E-state index in [9.17, 15) is 19.5 Å². The number of furan rings is 1. The first kappa shape index (κ1) is 24.6.